The maximum atomic E-state index is 10.3. The number of hydrogen-bond donors (Lipinski definition) is 2. The van der Waals surface area contributed by atoms with E-state index in [1.165, 1.54) is 0 Å². The third-order valence-corrected chi connectivity index (χ3v) is 2.25. The summed E-state index contributed by atoms with van der Waals surface area (Å²) in [5, 5.41) is 0. The molecule has 0 atom stereocenters. The van der Waals surface area contributed by atoms with Crippen molar-refractivity contribution in [3.8, 4) is 0 Å². The predicted molar refractivity (Wildman–Crippen MR) is 41.5 cm³/mol. The molecule has 0 unspecified atom stereocenters. The van der Waals surface area contributed by atoms with Gasteiger partial charge in [0, 0.05) is 12.0 Å². The molecule has 0 aromatic heterocycles. The van der Waals surface area contributed by atoms with E-state index in [0.29, 0.717) is 12.3 Å². The first kappa shape index (κ1) is 10.4. The average molecular weight is 187 g/mol. The lowest BCUT2D eigenvalue weighted by molar-refractivity contribution is 0.371. The Morgan fingerprint density at radius 1 is 1.20 bits per heavy atom. The molecule has 62 valence electrons. The van der Waals surface area contributed by atoms with E-state index in [-0.39, 0.29) is 6.16 Å². The molecule has 0 aliphatic carbocycles. The quantitative estimate of drug-likeness (QED) is 0.389. The first-order chi connectivity index (χ1) is 4.56. The van der Waals surface area contributed by atoms with Crippen LogP contribution in [0.4, 0.5) is 0 Å². The Morgan fingerprint density at radius 2 is 1.80 bits per heavy atom. The van der Waals surface area contributed by atoms with Gasteiger partial charge in [0.2, 0.25) is 0 Å². The molecule has 2 N–H and O–H groups in total. The van der Waals surface area contributed by atoms with E-state index in [0.717, 1.165) is 12.8 Å². The average Bonchev–Trinajstić information content (AvgIpc) is 1.78. The number of unbranched alkanes of at least 4 members (excludes halogenated alkanes) is 2. The summed E-state index contributed by atoms with van der Waals surface area (Å²) in [4.78, 5) is 16.8. The van der Waals surface area contributed by atoms with Crippen LogP contribution >= 0.6 is 19.2 Å². The molecule has 5 heteroatoms. The van der Waals surface area contributed by atoms with Crippen LogP contribution in [0, 0.1) is 0 Å². The highest BCUT2D eigenvalue weighted by molar-refractivity contribution is 7.51. The van der Waals surface area contributed by atoms with E-state index in [9.17, 15) is 4.57 Å². The summed E-state index contributed by atoms with van der Waals surface area (Å²) in [6.07, 6.45) is 2.19. The number of rotatable bonds is 5. The Morgan fingerprint density at radius 3 is 2.20 bits per heavy atom. The van der Waals surface area contributed by atoms with Crippen LogP contribution in [0.1, 0.15) is 19.3 Å². The van der Waals surface area contributed by atoms with Crippen LogP contribution in [0.25, 0.3) is 0 Å². The highest BCUT2D eigenvalue weighted by Crippen LogP contribution is 2.35. The molecule has 0 spiro atoms. The molecule has 0 radical (unpaired) electrons. The molecule has 0 rings (SSSR count). The van der Waals surface area contributed by atoms with Gasteiger partial charge in [0.05, 0.1) is 0 Å². The lowest BCUT2D eigenvalue weighted by Crippen LogP contribution is -1.88. The van der Waals surface area contributed by atoms with Crippen LogP contribution in [0.2, 0.25) is 0 Å². The first-order valence-corrected chi connectivity index (χ1v) is 5.50. The zero-order valence-corrected chi connectivity index (χ0v) is 7.31. The van der Waals surface area contributed by atoms with Gasteiger partial charge in [-0.3, -0.25) is 4.57 Å². The van der Waals surface area contributed by atoms with Crippen molar-refractivity contribution < 1.29 is 14.4 Å². The van der Waals surface area contributed by atoms with Crippen molar-refractivity contribution >= 4 is 19.2 Å². The van der Waals surface area contributed by atoms with E-state index in [1.54, 1.807) is 0 Å². The summed E-state index contributed by atoms with van der Waals surface area (Å²) in [6, 6.07) is 0. The molecule has 0 aromatic carbocycles. The molecule has 0 aliphatic rings. The van der Waals surface area contributed by atoms with Crippen LogP contribution in [-0.4, -0.2) is 21.8 Å². The molecule has 0 fully saturated rings. The maximum Gasteiger partial charge on any atom is 0.325 e. The molecule has 0 bridgehead atoms. The van der Waals surface area contributed by atoms with Gasteiger partial charge in [0.1, 0.15) is 0 Å². The largest absolute Gasteiger partial charge is 0.325 e. The standard InChI is InChI=1S/C5H12ClO3P/c6-4-2-1-3-5-10(7,8)9/h1-5H2,(H2,7,8,9). The minimum Gasteiger partial charge on any atom is -0.324 e. The highest BCUT2D eigenvalue weighted by atomic mass is 35.5. The summed E-state index contributed by atoms with van der Waals surface area (Å²) < 4.78 is 10.3. The fourth-order valence-electron chi connectivity index (χ4n) is 0.589. The second-order valence-corrected chi connectivity index (χ2v) is 4.29. The summed E-state index contributed by atoms with van der Waals surface area (Å²) in [5.41, 5.74) is 0. The van der Waals surface area contributed by atoms with Crippen molar-refractivity contribution in [2.75, 3.05) is 12.0 Å². The second kappa shape index (κ2) is 5.14. The predicted octanol–water partition coefficient (Wildman–Crippen LogP) is 1.57. The molecule has 0 saturated carbocycles. The molecule has 3 nitrogen and oxygen atoms in total. The third-order valence-electron chi connectivity index (χ3n) is 1.08. The van der Waals surface area contributed by atoms with E-state index < -0.39 is 7.60 Å². The van der Waals surface area contributed by atoms with Crippen molar-refractivity contribution in [2.24, 2.45) is 0 Å². The van der Waals surface area contributed by atoms with E-state index in [1.807, 2.05) is 0 Å². The van der Waals surface area contributed by atoms with Gasteiger partial charge in [-0.05, 0) is 12.8 Å². The minimum absolute atomic E-state index is 0.0100. The molecule has 0 saturated heterocycles. The highest BCUT2D eigenvalue weighted by Gasteiger charge is 2.10. The molecule has 0 aromatic rings. The van der Waals surface area contributed by atoms with E-state index >= 15 is 0 Å². The van der Waals surface area contributed by atoms with Gasteiger partial charge in [-0.15, -0.1) is 11.6 Å². The zero-order chi connectivity index (χ0) is 8.04. The smallest absolute Gasteiger partial charge is 0.324 e. The van der Waals surface area contributed by atoms with Gasteiger partial charge in [-0.25, -0.2) is 0 Å². The minimum atomic E-state index is -3.75. The van der Waals surface area contributed by atoms with Crippen molar-refractivity contribution in [3.05, 3.63) is 0 Å². The number of alkyl halides is 1. The van der Waals surface area contributed by atoms with Crippen molar-refractivity contribution in [1.29, 1.82) is 0 Å². The molecule has 10 heavy (non-hydrogen) atoms. The monoisotopic (exact) mass is 186 g/mol. The molecular weight excluding hydrogens is 174 g/mol. The van der Waals surface area contributed by atoms with Gasteiger partial charge in [-0.2, -0.15) is 0 Å². The third kappa shape index (κ3) is 8.44. The number of hydrogen-bond acceptors (Lipinski definition) is 1. The van der Waals surface area contributed by atoms with Crippen LogP contribution < -0.4 is 0 Å². The maximum absolute atomic E-state index is 10.3. The fraction of sp³-hybridized carbons (Fsp3) is 1.00. The van der Waals surface area contributed by atoms with Gasteiger partial charge in [0.25, 0.3) is 0 Å². The van der Waals surface area contributed by atoms with Crippen LogP contribution in [-0.2, 0) is 4.57 Å². The summed E-state index contributed by atoms with van der Waals surface area (Å²) in [5.74, 6) is 0.571. The van der Waals surface area contributed by atoms with Crippen molar-refractivity contribution in [3.63, 3.8) is 0 Å². The Hall–Kier alpha value is 0.440. The van der Waals surface area contributed by atoms with Gasteiger partial charge >= 0.3 is 7.60 Å². The normalized spacial score (nSPS) is 11.9. The Kier molecular flexibility index (Phi) is 5.36. The Bertz CT molecular complexity index is 122. The van der Waals surface area contributed by atoms with Crippen LogP contribution in [0.15, 0.2) is 0 Å². The lowest BCUT2D eigenvalue weighted by Gasteiger charge is -2.01. The fourth-order valence-corrected chi connectivity index (χ4v) is 1.41. The summed E-state index contributed by atoms with van der Waals surface area (Å²) in [7, 11) is -3.75. The van der Waals surface area contributed by atoms with Crippen molar-refractivity contribution in [1.82, 2.24) is 0 Å². The number of halogens is 1. The molecule has 0 amide bonds. The first-order valence-electron chi connectivity index (χ1n) is 3.17. The van der Waals surface area contributed by atoms with Gasteiger partial charge < -0.3 is 9.79 Å². The second-order valence-electron chi connectivity index (χ2n) is 2.14. The SMILES string of the molecule is O=P(O)(O)CCCCCCl. The van der Waals surface area contributed by atoms with Gasteiger partial charge in [-0.1, -0.05) is 6.42 Å². The summed E-state index contributed by atoms with van der Waals surface area (Å²) in [6.45, 7) is 0. The molecule has 0 aliphatic heterocycles. The summed E-state index contributed by atoms with van der Waals surface area (Å²) >= 11 is 5.36. The topological polar surface area (TPSA) is 57.5 Å². The molecule has 0 heterocycles. The van der Waals surface area contributed by atoms with Gasteiger partial charge in [0.15, 0.2) is 0 Å². The van der Waals surface area contributed by atoms with Crippen LogP contribution in [0.5, 0.6) is 0 Å². The zero-order valence-electron chi connectivity index (χ0n) is 5.66. The molecular formula is C5H12ClO3P. The Balaban J connectivity index is 3.13. The Labute approximate surface area is 65.6 Å². The van der Waals surface area contributed by atoms with Crippen molar-refractivity contribution in [2.45, 2.75) is 19.3 Å². The van der Waals surface area contributed by atoms with E-state index in [4.69, 9.17) is 21.4 Å². The lowest BCUT2D eigenvalue weighted by atomic mass is 10.3. The van der Waals surface area contributed by atoms with Crippen LogP contribution in [0.3, 0.4) is 0 Å². The van der Waals surface area contributed by atoms with E-state index in [2.05, 4.69) is 0 Å².